The van der Waals surface area contributed by atoms with Gasteiger partial charge in [0.2, 0.25) is 11.0 Å². The Bertz CT molecular complexity index is 951. The fourth-order valence-corrected chi connectivity index (χ4v) is 3.43. The van der Waals surface area contributed by atoms with Gasteiger partial charge in [0.1, 0.15) is 5.75 Å². The number of hydrogen-bond acceptors (Lipinski definition) is 7. The third-order valence-corrected chi connectivity index (χ3v) is 4.80. The van der Waals surface area contributed by atoms with Gasteiger partial charge in [-0.05, 0) is 30.9 Å². The average molecular weight is 380 g/mol. The lowest BCUT2D eigenvalue weighted by atomic mass is 10.1. The second kappa shape index (κ2) is 7.84. The predicted molar refractivity (Wildman–Crippen MR) is 106 cm³/mol. The summed E-state index contributed by atoms with van der Waals surface area (Å²) in [4.78, 5) is 4.59. The van der Waals surface area contributed by atoms with Gasteiger partial charge in [0, 0.05) is 16.8 Å². The summed E-state index contributed by atoms with van der Waals surface area (Å²) in [6.07, 6.45) is -0.413. The molecule has 0 fully saturated rings. The number of aromatic nitrogens is 3. The van der Waals surface area contributed by atoms with Crippen molar-refractivity contribution in [3.63, 3.8) is 0 Å². The molecule has 1 aromatic heterocycles. The first-order chi connectivity index (χ1) is 13.3. The monoisotopic (exact) mass is 380 g/mol. The van der Waals surface area contributed by atoms with Crippen molar-refractivity contribution >= 4 is 17.4 Å². The molecule has 0 unspecified atom stereocenters. The number of nitrogens with one attached hydrogen (secondary N) is 1. The number of thioether (sulfide) groups is 1. The average Bonchev–Trinajstić information content (AvgIpc) is 2.85. The number of para-hydroxylation sites is 1. The van der Waals surface area contributed by atoms with Crippen LogP contribution in [0.2, 0.25) is 0 Å². The molecule has 0 saturated heterocycles. The fraction of sp³-hybridized carbons (Fsp3) is 0.250. The van der Waals surface area contributed by atoms with E-state index in [-0.39, 0.29) is 0 Å². The van der Waals surface area contributed by atoms with E-state index >= 15 is 0 Å². The van der Waals surface area contributed by atoms with Crippen molar-refractivity contribution in [2.75, 3.05) is 17.7 Å². The van der Waals surface area contributed by atoms with Crippen LogP contribution in [-0.4, -0.2) is 27.5 Å². The normalized spacial score (nSPS) is 15.0. The highest BCUT2D eigenvalue weighted by Crippen LogP contribution is 2.39. The maximum Gasteiger partial charge on any atom is 0.247 e. The SMILES string of the molecule is CCOc1cccc([C@@H]2Nc3ccccc3-c3nnc(SCC)nc3O2)c1. The molecule has 1 aliphatic heterocycles. The number of ether oxygens (including phenoxy) is 2. The molecule has 2 heterocycles. The standard InChI is InChI=1S/C20H20N4O2S/c1-3-25-14-9-7-8-13(12-14)18-21-16-11-6-5-10-15(16)17-19(26-18)22-20(24-23-17)27-4-2/h5-12,18,21H,3-4H2,1-2H3/t18-/m1/s1. The summed E-state index contributed by atoms with van der Waals surface area (Å²) in [6.45, 7) is 4.64. The van der Waals surface area contributed by atoms with Gasteiger partial charge < -0.3 is 14.8 Å². The van der Waals surface area contributed by atoms with E-state index in [1.165, 1.54) is 11.8 Å². The Balaban J connectivity index is 1.78. The lowest BCUT2D eigenvalue weighted by Crippen LogP contribution is -2.17. The summed E-state index contributed by atoms with van der Waals surface area (Å²) < 4.78 is 11.9. The van der Waals surface area contributed by atoms with Gasteiger partial charge in [-0.25, -0.2) is 0 Å². The first-order valence-corrected chi connectivity index (χ1v) is 9.90. The quantitative estimate of drug-likeness (QED) is 0.651. The molecule has 0 radical (unpaired) electrons. The molecule has 1 N–H and O–H groups in total. The Morgan fingerprint density at radius 3 is 2.85 bits per heavy atom. The van der Waals surface area contributed by atoms with E-state index in [4.69, 9.17) is 9.47 Å². The molecule has 0 bridgehead atoms. The minimum absolute atomic E-state index is 0.413. The molecule has 0 saturated carbocycles. The van der Waals surface area contributed by atoms with Crippen molar-refractivity contribution in [2.24, 2.45) is 0 Å². The third-order valence-electron chi connectivity index (χ3n) is 4.08. The molecule has 138 valence electrons. The van der Waals surface area contributed by atoms with Crippen LogP contribution in [0.4, 0.5) is 5.69 Å². The highest BCUT2D eigenvalue weighted by molar-refractivity contribution is 7.99. The maximum absolute atomic E-state index is 6.25. The molecule has 1 aliphatic rings. The molecule has 3 aromatic rings. The molecule has 0 amide bonds. The number of fused-ring (bicyclic) bond motifs is 3. The molecule has 0 aliphatic carbocycles. The van der Waals surface area contributed by atoms with E-state index in [1.807, 2.05) is 55.5 Å². The number of benzene rings is 2. The van der Waals surface area contributed by atoms with Gasteiger partial charge in [-0.15, -0.1) is 10.2 Å². The summed E-state index contributed by atoms with van der Waals surface area (Å²) in [6, 6.07) is 15.8. The third kappa shape index (κ3) is 3.68. The topological polar surface area (TPSA) is 69.2 Å². The summed E-state index contributed by atoms with van der Waals surface area (Å²) in [5.74, 6) is 2.15. The minimum Gasteiger partial charge on any atom is -0.494 e. The van der Waals surface area contributed by atoms with E-state index in [0.29, 0.717) is 23.3 Å². The molecular formula is C20H20N4O2S. The van der Waals surface area contributed by atoms with E-state index in [1.54, 1.807) is 0 Å². The first kappa shape index (κ1) is 17.6. The summed E-state index contributed by atoms with van der Waals surface area (Å²) in [7, 11) is 0. The number of rotatable bonds is 5. The maximum atomic E-state index is 6.25. The van der Waals surface area contributed by atoms with E-state index in [2.05, 4.69) is 27.4 Å². The van der Waals surface area contributed by atoms with Crippen LogP contribution in [0, 0.1) is 0 Å². The van der Waals surface area contributed by atoms with Gasteiger partial charge in [-0.3, -0.25) is 0 Å². The summed E-state index contributed by atoms with van der Waals surface area (Å²) in [5.41, 5.74) is 3.44. The zero-order valence-corrected chi connectivity index (χ0v) is 16.0. The van der Waals surface area contributed by atoms with Crippen molar-refractivity contribution in [3.05, 3.63) is 54.1 Å². The van der Waals surface area contributed by atoms with Crippen molar-refractivity contribution in [1.29, 1.82) is 0 Å². The van der Waals surface area contributed by atoms with Crippen LogP contribution < -0.4 is 14.8 Å². The Kier molecular flexibility index (Phi) is 5.11. The number of nitrogens with zero attached hydrogens (tertiary/aromatic N) is 3. The lowest BCUT2D eigenvalue weighted by Gasteiger charge is -2.20. The van der Waals surface area contributed by atoms with E-state index < -0.39 is 6.23 Å². The zero-order chi connectivity index (χ0) is 18.6. The summed E-state index contributed by atoms with van der Waals surface area (Å²) >= 11 is 1.54. The van der Waals surface area contributed by atoms with Gasteiger partial charge in [0.15, 0.2) is 11.9 Å². The van der Waals surface area contributed by atoms with Crippen molar-refractivity contribution in [2.45, 2.75) is 25.2 Å². The van der Waals surface area contributed by atoms with Crippen LogP contribution in [0.15, 0.2) is 53.7 Å². The molecule has 2 aromatic carbocycles. The molecular weight excluding hydrogens is 360 g/mol. The molecule has 7 heteroatoms. The van der Waals surface area contributed by atoms with E-state index in [0.717, 1.165) is 28.3 Å². The van der Waals surface area contributed by atoms with Crippen molar-refractivity contribution in [3.8, 4) is 22.9 Å². The van der Waals surface area contributed by atoms with Crippen LogP contribution in [0.5, 0.6) is 11.6 Å². The van der Waals surface area contributed by atoms with Gasteiger partial charge in [-0.1, -0.05) is 49.0 Å². The van der Waals surface area contributed by atoms with Crippen LogP contribution in [-0.2, 0) is 0 Å². The van der Waals surface area contributed by atoms with Crippen LogP contribution in [0.25, 0.3) is 11.3 Å². The second-order valence-corrected chi connectivity index (χ2v) is 7.11. The van der Waals surface area contributed by atoms with Crippen LogP contribution in [0.3, 0.4) is 0 Å². The van der Waals surface area contributed by atoms with Crippen LogP contribution >= 0.6 is 11.8 Å². The Labute approximate surface area is 162 Å². The smallest absolute Gasteiger partial charge is 0.247 e. The molecule has 27 heavy (non-hydrogen) atoms. The Morgan fingerprint density at radius 1 is 1.11 bits per heavy atom. The van der Waals surface area contributed by atoms with Gasteiger partial charge in [0.25, 0.3) is 0 Å². The Hall–Kier alpha value is -2.80. The van der Waals surface area contributed by atoms with E-state index in [9.17, 15) is 0 Å². The van der Waals surface area contributed by atoms with Crippen molar-refractivity contribution in [1.82, 2.24) is 15.2 Å². The minimum atomic E-state index is -0.413. The van der Waals surface area contributed by atoms with Crippen LogP contribution in [0.1, 0.15) is 25.6 Å². The molecule has 6 nitrogen and oxygen atoms in total. The van der Waals surface area contributed by atoms with Gasteiger partial charge in [0.05, 0.1) is 6.61 Å². The lowest BCUT2D eigenvalue weighted by molar-refractivity contribution is 0.224. The van der Waals surface area contributed by atoms with Gasteiger partial charge in [-0.2, -0.15) is 4.98 Å². The highest BCUT2D eigenvalue weighted by Gasteiger charge is 2.26. The molecule has 0 spiro atoms. The highest BCUT2D eigenvalue weighted by atomic mass is 32.2. The molecule has 1 atom stereocenters. The number of anilines is 1. The largest absolute Gasteiger partial charge is 0.494 e. The fourth-order valence-electron chi connectivity index (χ4n) is 2.92. The predicted octanol–water partition coefficient (Wildman–Crippen LogP) is 4.55. The Morgan fingerprint density at radius 2 is 2.00 bits per heavy atom. The molecule has 4 rings (SSSR count). The second-order valence-electron chi connectivity index (χ2n) is 5.87. The van der Waals surface area contributed by atoms with Crippen molar-refractivity contribution < 1.29 is 9.47 Å². The first-order valence-electron chi connectivity index (χ1n) is 8.91. The van der Waals surface area contributed by atoms with Gasteiger partial charge >= 0.3 is 0 Å². The number of hydrogen-bond donors (Lipinski definition) is 1. The zero-order valence-electron chi connectivity index (χ0n) is 15.2. The summed E-state index contributed by atoms with van der Waals surface area (Å²) in [5, 5.41) is 12.7.